The molecule has 4 rings (SSSR count). The maximum absolute atomic E-state index is 13.2. The minimum atomic E-state index is -4.37. The second kappa shape index (κ2) is 10.8. The monoisotopic (exact) mass is 590 g/mol. The number of para-hydroxylation sites is 1. The molecule has 2 aromatic carbocycles. The van der Waals surface area contributed by atoms with E-state index in [0.29, 0.717) is 0 Å². The minimum absolute atomic E-state index is 0. The first-order valence-electron chi connectivity index (χ1n) is 13.1. The predicted octanol–water partition coefficient (Wildman–Crippen LogP) is 7.59. The average Bonchev–Trinajstić information content (AvgIpc) is 3.10. The van der Waals surface area contributed by atoms with Crippen LogP contribution < -0.4 is 15.7 Å². The van der Waals surface area contributed by atoms with Crippen molar-refractivity contribution >= 4 is 0 Å². The van der Waals surface area contributed by atoms with Crippen molar-refractivity contribution in [3.05, 3.63) is 95.3 Å². The smallest absolute Gasteiger partial charge is 1.00 e. The van der Waals surface area contributed by atoms with Crippen molar-refractivity contribution in [2.45, 2.75) is 75.4 Å². The van der Waals surface area contributed by atoms with Gasteiger partial charge in [0.25, 0.3) is 0 Å². The largest absolute Gasteiger partial charge is 1.00 e. The molecule has 0 unspecified atom stereocenters. The normalized spacial score (nSPS) is 18.7. The molecule has 39 heavy (non-hydrogen) atoms. The van der Waals surface area contributed by atoms with Gasteiger partial charge >= 0.3 is 233 Å². The Morgan fingerprint density at radius 3 is 1.46 bits per heavy atom. The van der Waals surface area contributed by atoms with Gasteiger partial charge in [0.1, 0.15) is 0 Å². The van der Waals surface area contributed by atoms with E-state index in [-0.39, 0.29) is 23.2 Å². The average molecular weight is 591 g/mol. The van der Waals surface area contributed by atoms with Crippen LogP contribution in [0.15, 0.2) is 89.7 Å². The molecule has 0 atom stereocenters. The minimum Gasteiger partial charge on any atom is -1.00 e. The number of hydrogen-bond donors (Lipinski definition) is 0. The van der Waals surface area contributed by atoms with Gasteiger partial charge in [0, 0.05) is 0 Å². The van der Waals surface area contributed by atoms with Gasteiger partial charge in [-0.25, -0.2) is 0 Å². The van der Waals surface area contributed by atoms with E-state index < -0.39 is 30.0 Å². The molecule has 208 valence electrons. The molecule has 1 nitrogen and oxygen atoms in total. The zero-order chi connectivity index (χ0) is 28.4. The van der Waals surface area contributed by atoms with E-state index >= 15 is 0 Å². The Hall–Kier alpha value is -2.01. The van der Waals surface area contributed by atoms with Gasteiger partial charge in [0.15, 0.2) is 0 Å². The molecule has 0 aromatic heterocycles. The topological polar surface area (TPSA) is 9.23 Å². The fourth-order valence-electron chi connectivity index (χ4n) is 6.07. The number of benzene rings is 2. The van der Waals surface area contributed by atoms with E-state index in [0.717, 1.165) is 29.0 Å². The van der Waals surface area contributed by atoms with Gasteiger partial charge in [-0.3, -0.25) is 0 Å². The Balaban J connectivity index is 0.00000420. The van der Waals surface area contributed by atoms with Crippen LogP contribution in [0.25, 0.3) is 11.1 Å². The summed E-state index contributed by atoms with van der Waals surface area (Å²) in [6, 6.07) is 13.2. The van der Waals surface area contributed by atoms with Gasteiger partial charge in [-0.2, -0.15) is 0 Å². The van der Waals surface area contributed by atoms with Crippen molar-refractivity contribution in [1.29, 1.82) is 0 Å². The summed E-state index contributed by atoms with van der Waals surface area (Å²) in [5, 5.41) is 0. The van der Waals surface area contributed by atoms with Crippen LogP contribution in [0.3, 0.4) is 0 Å². The number of allylic oxidation sites excluding steroid dienone is 8. The summed E-state index contributed by atoms with van der Waals surface area (Å²) < 4.78 is 49.8. The molecule has 0 fully saturated rings. The Morgan fingerprint density at radius 1 is 0.641 bits per heavy atom. The van der Waals surface area contributed by atoms with E-state index in [1.807, 2.05) is 24.3 Å². The van der Waals surface area contributed by atoms with Crippen molar-refractivity contribution in [2.75, 3.05) is 0 Å². The van der Waals surface area contributed by atoms with Crippen LogP contribution in [0.2, 0.25) is 0 Å². The Labute approximate surface area is 244 Å². The van der Waals surface area contributed by atoms with Gasteiger partial charge < -0.3 is 12.4 Å². The van der Waals surface area contributed by atoms with Gasteiger partial charge in [-0.1, -0.05) is 0 Å². The Kier molecular flexibility index (Phi) is 8.70. The van der Waals surface area contributed by atoms with Gasteiger partial charge in [-0.15, -0.1) is 0 Å². The summed E-state index contributed by atoms with van der Waals surface area (Å²) in [5.74, 6) is 0.735. The number of hydrogen-bond acceptors (Lipinski definition) is 1. The Bertz CT molecular complexity index is 1360. The molecular formula is C33H38ClF3OTi. The number of alkyl halides is 3. The molecule has 0 heterocycles. The third-order valence-corrected chi connectivity index (χ3v) is 14.4. The van der Waals surface area contributed by atoms with Crippen LogP contribution in [0.5, 0.6) is 5.75 Å². The summed E-state index contributed by atoms with van der Waals surface area (Å²) in [7, 11) is 0. The van der Waals surface area contributed by atoms with E-state index in [1.54, 1.807) is 12.1 Å². The second-order valence-corrected chi connectivity index (χ2v) is 14.7. The molecule has 0 N–H and O–H groups in total. The van der Waals surface area contributed by atoms with Crippen molar-refractivity contribution in [3.63, 3.8) is 0 Å². The third kappa shape index (κ3) is 5.25. The first-order valence-corrected chi connectivity index (χ1v) is 15.3. The molecule has 2 aromatic rings. The van der Waals surface area contributed by atoms with Crippen molar-refractivity contribution in [1.82, 2.24) is 0 Å². The molecular weight excluding hydrogens is 553 g/mol. The molecule has 0 saturated heterocycles. The third-order valence-electron chi connectivity index (χ3n) is 9.20. The zero-order valence-electron chi connectivity index (χ0n) is 24.5. The first kappa shape index (κ1) is 31.5. The van der Waals surface area contributed by atoms with Gasteiger partial charge in [0.05, 0.1) is 0 Å². The summed E-state index contributed by atoms with van der Waals surface area (Å²) in [4.78, 5) is 0. The fourth-order valence-corrected chi connectivity index (χ4v) is 11.4. The maximum Gasteiger partial charge on any atom is -1.00 e. The van der Waals surface area contributed by atoms with E-state index in [4.69, 9.17) is 3.32 Å². The summed E-state index contributed by atoms with van der Waals surface area (Å²) in [5.41, 5.74) is 8.73. The van der Waals surface area contributed by atoms with Crippen LogP contribution in [-0.2, 0) is 24.4 Å². The van der Waals surface area contributed by atoms with E-state index in [9.17, 15) is 13.2 Å². The Morgan fingerprint density at radius 2 is 1.08 bits per heavy atom. The molecule has 0 radical (unpaired) electrons. The van der Waals surface area contributed by atoms with E-state index in [1.165, 1.54) is 41.2 Å². The first-order chi connectivity index (χ1) is 17.5. The van der Waals surface area contributed by atoms with Crippen LogP contribution >= 0.6 is 0 Å². The summed E-state index contributed by atoms with van der Waals surface area (Å²) >= 11 is -2.67. The summed E-state index contributed by atoms with van der Waals surface area (Å²) in [6.07, 6.45) is -4.37. The molecule has 0 saturated carbocycles. The molecule has 0 aliphatic heterocycles. The van der Waals surface area contributed by atoms with E-state index in [2.05, 4.69) is 69.2 Å². The maximum atomic E-state index is 13.2. The molecule has 0 bridgehead atoms. The van der Waals surface area contributed by atoms with Crippen molar-refractivity contribution < 1.29 is 47.2 Å². The standard InChI is InChI=1S/C13H9F3O.2C10H15.ClH.Ti/c14-13(15,16)10-7-5-9(6-8-10)11-3-1-2-4-12(11)17;2*1-7-6-10(4,5)9(3)8(7)2;;/h1-8,17H;2*1-5H3;1H;/q;;;;+2/p-2. The van der Waals surface area contributed by atoms with Crippen LogP contribution in [-0.4, -0.2) is 0 Å². The van der Waals surface area contributed by atoms with Gasteiger partial charge in [-0.05, 0) is 0 Å². The molecule has 0 spiro atoms. The SMILES string of the molecule is CC1=C(C)C(C)(C)[C]([Ti+]([O]c2ccccc2-c2ccc(C(F)(F)F)cc2)[C]2=C(C)C(C)=C(C)C2(C)C)=C1C.[Cl-]. The van der Waals surface area contributed by atoms with Crippen LogP contribution in [0.4, 0.5) is 13.2 Å². The second-order valence-electron chi connectivity index (χ2n) is 11.8. The van der Waals surface area contributed by atoms with Crippen molar-refractivity contribution in [2.24, 2.45) is 10.8 Å². The molecule has 6 heteroatoms. The molecule has 0 amide bonds. The van der Waals surface area contributed by atoms with Crippen LogP contribution in [0, 0.1) is 10.8 Å². The van der Waals surface area contributed by atoms with Crippen molar-refractivity contribution in [3.8, 4) is 16.9 Å². The predicted molar refractivity (Wildman–Crippen MR) is 147 cm³/mol. The fraction of sp³-hybridized carbons (Fsp3) is 0.394. The molecule has 2 aliphatic carbocycles. The zero-order valence-corrected chi connectivity index (χ0v) is 26.9. The quantitative estimate of drug-likeness (QED) is 0.326. The molecule has 2 aliphatic rings. The van der Waals surface area contributed by atoms with Crippen LogP contribution in [0.1, 0.15) is 74.8 Å². The number of halogens is 4. The summed E-state index contributed by atoms with van der Waals surface area (Å²) in [6.45, 7) is 22.6. The van der Waals surface area contributed by atoms with Gasteiger partial charge in [0.2, 0.25) is 0 Å². The number of rotatable bonds is 5.